The van der Waals surface area contributed by atoms with Gasteiger partial charge in [-0.1, -0.05) is 50.5 Å². The van der Waals surface area contributed by atoms with Gasteiger partial charge in [0, 0.05) is 0 Å². The zero-order valence-electron chi connectivity index (χ0n) is 19.5. The van der Waals surface area contributed by atoms with E-state index in [0.29, 0.717) is 6.42 Å². The maximum atomic E-state index is 12.4. The molecule has 1 aromatic rings. The molecule has 30 heavy (non-hydrogen) atoms. The molecule has 4 rings (SSSR count). The van der Waals surface area contributed by atoms with E-state index < -0.39 is 0 Å². The average Bonchev–Trinajstić information content (AvgIpc) is 2.83. The Morgan fingerprint density at radius 2 is 1.13 bits per heavy atom. The number of aryl methyl sites for hydroxylation is 1. The molecule has 1 aromatic carbocycles. The van der Waals surface area contributed by atoms with Crippen LogP contribution in [0.5, 0.6) is 0 Å². The van der Waals surface area contributed by atoms with Crippen molar-refractivity contribution in [3.8, 4) is 0 Å². The van der Waals surface area contributed by atoms with E-state index in [9.17, 15) is 4.39 Å². The Kier molecular flexibility index (Phi) is 8.30. The van der Waals surface area contributed by atoms with Gasteiger partial charge in [0.05, 0.1) is 6.67 Å². The van der Waals surface area contributed by atoms with E-state index >= 15 is 0 Å². The molecule has 0 spiro atoms. The molecule has 0 aromatic heterocycles. The number of alkyl halides is 1. The first kappa shape index (κ1) is 22.3. The van der Waals surface area contributed by atoms with Crippen LogP contribution < -0.4 is 0 Å². The minimum Gasteiger partial charge on any atom is -0.251 e. The van der Waals surface area contributed by atoms with Crippen molar-refractivity contribution in [2.24, 2.45) is 29.6 Å². The molecule has 0 amide bonds. The van der Waals surface area contributed by atoms with E-state index in [-0.39, 0.29) is 6.67 Å². The average molecular weight is 413 g/mol. The van der Waals surface area contributed by atoms with Crippen molar-refractivity contribution < 1.29 is 4.39 Å². The molecule has 168 valence electrons. The number of hydrogen-bond acceptors (Lipinski definition) is 0. The third-order valence-corrected chi connectivity index (χ3v) is 9.44. The molecule has 0 radical (unpaired) electrons. The SMILES string of the molecule is CCC1CCC(C2CCC(C3CCC(c4ccc(CCCF)cc4)CC3)CC2)CC1. The molecule has 3 aliphatic rings. The van der Waals surface area contributed by atoms with Gasteiger partial charge in [-0.05, 0) is 124 Å². The fourth-order valence-corrected chi connectivity index (χ4v) is 7.31. The highest BCUT2D eigenvalue weighted by molar-refractivity contribution is 5.26. The Hall–Kier alpha value is -0.850. The molecule has 0 aliphatic heterocycles. The monoisotopic (exact) mass is 412 g/mol. The largest absolute Gasteiger partial charge is 0.251 e. The summed E-state index contributed by atoms with van der Waals surface area (Å²) in [6, 6.07) is 9.15. The Labute approximate surface area is 185 Å². The normalized spacial score (nSPS) is 35.3. The summed E-state index contributed by atoms with van der Waals surface area (Å²) in [6.45, 7) is 2.18. The molecule has 0 saturated heterocycles. The third kappa shape index (κ3) is 5.68. The Morgan fingerprint density at radius 1 is 0.667 bits per heavy atom. The van der Waals surface area contributed by atoms with E-state index in [1.54, 1.807) is 0 Å². The second-order valence-electron chi connectivity index (χ2n) is 11.0. The van der Waals surface area contributed by atoms with Gasteiger partial charge in [0.25, 0.3) is 0 Å². The lowest BCUT2D eigenvalue weighted by Crippen LogP contribution is -2.29. The van der Waals surface area contributed by atoms with Gasteiger partial charge in [0.2, 0.25) is 0 Å². The van der Waals surface area contributed by atoms with Gasteiger partial charge in [-0.15, -0.1) is 0 Å². The molecule has 3 saturated carbocycles. The maximum Gasteiger partial charge on any atom is 0.0897 e. The Bertz CT molecular complexity index is 596. The van der Waals surface area contributed by atoms with Crippen LogP contribution in [0.15, 0.2) is 24.3 Å². The van der Waals surface area contributed by atoms with Crippen molar-refractivity contribution in [3.63, 3.8) is 0 Å². The van der Waals surface area contributed by atoms with Crippen molar-refractivity contribution in [1.29, 1.82) is 0 Å². The highest BCUT2D eigenvalue weighted by Gasteiger charge is 2.34. The van der Waals surface area contributed by atoms with Crippen LogP contribution in [-0.2, 0) is 6.42 Å². The van der Waals surface area contributed by atoms with E-state index in [1.807, 2.05) is 0 Å². The lowest BCUT2D eigenvalue weighted by molar-refractivity contribution is 0.109. The number of rotatable bonds is 7. The van der Waals surface area contributed by atoms with Crippen LogP contribution in [0.3, 0.4) is 0 Å². The fourth-order valence-electron chi connectivity index (χ4n) is 7.31. The van der Waals surface area contributed by atoms with Crippen LogP contribution in [0.1, 0.15) is 114 Å². The van der Waals surface area contributed by atoms with Crippen molar-refractivity contribution in [3.05, 3.63) is 35.4 Å². The lowest BCUT2D eigenvalue weighted by atomic mass is 9.64. The maximum absolute atomic E-state index is 12.4. The van der Waals surface area contributed by atoms with E-state index in [0.717, 1.165) is 41.9 Å². The second-order valence-corrected chi connectivity index (χ2v) is 11.0. The molecular weight excluding hydrogens is 367 g/mol. The molecule has 0 heterocycles. The molecule has 0 atom stereocenters. The van der Waals surface area contributed by atoms with E-state index in [2.05, 4.69) is 31.2 Å². The first-order valence-electron chi connectivity index (χ1n) is 13.4. The highest BCUT2D eigenvalue weighted by Crippen LogP contribution is 2.47. The number of halogens is 1. The molecule has 1 heteroatoms. The Morgan fingerprint density at radius 3 is 1.60 bits per heavy atom. The van der Waals surface area contributed by atoms with Crippen LogP contribution in [0.25, 0.3) is 0 Å². The summed E-state index contributed by atoms with van der Waals surface area (Å²) < 4.78 is 12.4. The minimum absolute atomic E-state index is 0.201. The Balaban J connectivity index is 1.19. The summed E-state index contributed by atoms with van der Waals surface area (Å²) in [5, 5.41) is 0. The first-order chi connectivity index (χ1) is 14.8. The summed E-state index contributed by atoms with van der Waals surface area (Å²) in [5.41, 5.74) is 2.83. The van der Waals surface area contributed by atoms with Crippen molar-refractivity contribution in [2.45, 2.75) is 109 Å². The molecule has 3 fully saturated rings. The third-order valence-electron chi connectivity index (χ3n) is 9.44. The summed E-state index contributed by atoms with van der Waals surface area (Å²) in [7, 11) is 0. The molecule has 3 aliphatic carbocycles. The topological polar surface area (TPSA) is 0 Å². The van der Waals surface area contributed by atoms with Crippen LogP contribution in [0, 0.1) is 29.6 Å². The minimum atomic E-state index is -0.201. The van der Waals surface area contributed by atoms with Crippen LogP contribution in [0.2, 0.25) is 0 Å². The first-order valence-corrected chi connectivity index (χ1v) is 13.4. The quantitative estimate of drug-likeness (QED) is 0.419. The molecule has 0 unspecified atom stereocenters. The number of hydrogen-bond donors (Lipinski definition) is 0. The second kappa shape index (κ2) is 11.1. The lowest BCUT2D eigenvalue weighted by Gasteiger charge is -2.41. The van der Waals surface area contributed by atoms with Crippen molar-refractivity contribution in [2.75, 3.05) is 6.67 Å². The zero-order valence-corrected chi connectivity index (χ0v) is 19.5. The van der Waals surface area contributed by atoms with Crippen LogP contribution in [-0.4, -0.2) is 6.67 Å². The number of benzene rings is 1. The standard InChI is InChI=1S/C29H45F/c1-2-22-5-9-24(10-6-22)26-13-17-28(18-14-26)29-19-15-27(16-20-29)25-11-7-23(8-12-25)4-3-21-30/h7-8,11-12,22,24,26-29H,2-6,9-10,13-21H2,1H3. The fraction of sp³-hybridized carbons (Fsp3) is 0.793. The van der Waals surface area contributed by atoms with Gasteiger partial charge < -0.3 is 0 Å². The molecule has 0 bridgehead atoms. The van der Waals surface area contributed by atoms with Crippen LogP contribution in [0.4, 0.5) is 4.39 Å². The summed E-state index contributed by atoms with van der Waals surface area (Å²) in [5.74, 6) is 5.96. The van der Waals surface area contributed by atoms with Crippen molar-refractivity contribution in [1.82, 2.24) is 0 Å². The van der Waals surface area contributed by atoms with E-state index in [4.69, 9.17) is 0 Å². The predicted octanol–water partition coefficient (Wildman–Crippen LogP) is 8.89. The summed E-state index contributed by atoms with van der Waals surface area (Å²) in [4.78, 5) is 0. The van der Waals surface area contributed by atoms with Gasteiger partial charge in [0.1, 0.15) is 0 Å². The summed E-state index contributed by atoms with van der Waals surface area (Å²) >= 11 is 0. The highest BCUT2D eigenvalue weighted by atomic mass is 19.1. The predicted molar refractivity (Wildman–Crippen MR) is 127 cm³/mol. The van der Waals surface area contributed by atoms with Crippen molar-refractivity contribution >= 4 is 0 Å². The van der Waals surface area contributed by atoms with E-state index in [1.165, 1.54) is 94.6 Å². The zero-order chi connectivity index (χ0) is 20.8. The molecular formula is C29H45F. The van der Waals surface area contributed by atoms with Crippen LogP contribution >= 0.6 is 0 Å². The smallest absolute Gasteiger partial charge is 0.0897 e. The van der Waals surface area contributed by atoms with Gasteiger partial charge in [0.15, 0.2) is 0 Å². The van der Waals surface area contributed by atoms with Gasteiger partial charge >= 0.3 is 0 Å². The van der Waals surface area contributed by atoms with Gasteiger partial charge in [-0.3, -0.25) is 4.39 Å². The van der Waals surface area contributed by atoms with Gasteiger partial charge in [-0.2, -0.15) is 0 Å². The molecule has 0 nitrogen and oxygen atoms in total. The van der Waals surface area contributed by atoms with Gasteiger partial charge in [-0.25, -0.2) is 0 Å². The molecule has 0 N–H and O–H groups in total. The summed E-state index contributed by atoms with van der Waals surface area (Å²) in [6.07, 6.45) is 20.8.